The number of hydrogen-bond acceptors (Lipinski definition) is 6. The number of anilines is 2. The second kappa shape index (κ2) is 5.41. The fourth-order valence-corrected chi connectivity index (χ4v) is 3.97. The lowest BCUT2D eigenvalue weighted by Crippen LogP contribution is -2.68. The van der Waals surface area contributed by atoms with Crippen LogP contribution in [0.5, 0.6) is 0 Å². The molecule has 1 unspecified atom stereocenters. The summed E-state index contributed by atoms with van der Waals surface area (Å²) in [6, 6.07) is 3.40. The molecule has 10 heteroatoms. The predicted octanol–water partition coefficient (Wildman–Crippen LogP) is 0.890. The molecule has 28 heavy (non-hydrogen) atoms. The van der Waals surface area contributed by atoms with Gasteiger partial charge in [-0.05, 0) is 38.0 Å². The van der Waals surface area contributed by atoms with Gasteiger partial charge in [-0.25, -0.2) is 19.7 Å². The number of nitrogens with one attached hydrogen (secondary N) is 3. The van der Waals surface area contributed by atoms with Crippen molar-refractivity contribution in [3.8, 4) is 0 Å². The van der Waals surface area contributed by atoms with E-state index in [0.29, 0.717) is 23.4 Å². The molecule has 10 nitrogen and oxygen atoms in total. The lowest BCUT2D eigenvalue weighted by Gasteiger charge is -2.41. The molecule has 2 aliphatic rings. The van der Waals surface area contributed by atoms with Crippen molar-refractivity contribution in [2.75, 3.05) is 10.3 Å². The Morgan fingerprint density at radius 3 is 2.89 bits per heavy atom. The van der Waals surface area contributed by atoms with Gasteiger partial charge in [0.15, 0.2) is 0 Å². The molecule has 0 aliphatic carbocycles. The Morgan fingerprint density at radius 2 is 2.07 bits per heavy atom. The van der Waals surface area contributed by atoms with Gasteiger partial charge in [-0.1, -0.05) is 0 Å². The van der Waals surface area contributed by atoms with Crippen LogP contribution >= 0.6 is 0 Å². The first kappa shape index (κ1) is 16.5. The zero-order valence-electron chi connectivity index (χ0n) is 15.2. The van der Waals surface area contributed by atoms with E-state index in [1.165, 1.54) is 16.0 Å². The van der Waals surface area contributed by atoms with E-state index in [9.17, 15) is 14.4 Å². The third-order valence-electron chi connectivity index (χ3n) is 5.30. The number of carbonyl (C=O) groups excluding carboxylic acids is 2. The van der Waals surface area contributed by atoms with Crippen LogP contribution in [0.25, 0.3) is 11.0 Å². The molecular weight excluding hydrogens is 362 g/mol. The molecule has 5 heterocycles. The minimum absolute atomic E-state index is 0.165. The number of aromatic nitrogens is 4. The van der Waals surface area contributed by atoms with Crippen molar-refractivity contribution in [2.45, 2.75) is 32.4 Å². The van der Waals surface area contributed by atoms with Crippen LogP contribution < -0.4 is 21.2 Å². The summed E-state index contributed by atoms with van der Waals surface area (Å²) in [5.74, 6) is -0.124. The average molecular weight is 379 g/mol. The largest absolute Gasteiger partial charge is 0.346 e. The van der Waals surface area contributed by atoms with Gasteiger partial charge in [0.1, 0.15) is 34.8 Å². The molecule has 0 radical (unpaired) electrons. The van der Waals surface area contributed by atoms with Gasteiger partial charge in [-0.3, -0.25) is 14.4 Å². The summed E-state index contributed by atoms with van der Waals surface area (Å²) in [5.41, 5.74) is 0.185. The Morgan fingerprint density at radius 1 is 1.25 bits per heavy atom. The number of fused-ring (bicyclic) bond motifs is 4. The molecule has 1 saturated heterocycles. The number of nitrogens with zero attached hydrogens (tertiary/aromatic N) is 4. The van der Waals surface area contributed by atoms with E-state index in [2.05, 4.69) is 25.6 Å². The summed E-state index contributed by atoms with van der Waals surface area (Å²) in [6.07, 6.45) is 3.82. The highest BCUT2D eigenvalue weighted by Gasteiger charge is 2.49. The van der Waals surface area contributed by atoms with Crippen LogP contribution in [0, 0.1) is 6.92 Å². The predicted molar refractivity (Wildman–Crippen MR) is 101 cm³/mol. The highest BCUT2D eigenvalue weighted by atomic mass is 16.2. The Kier molecular flexibility index (Phi) is 3.18. The van der Waals surface area contributed by atoms with Gasteiger partial charge < -0.3 is 15.6 Å². The summed E-state index contributed by atoms with van der Waals surface area (Å²) in [5, 5.41) is 7.98. The van der Waals surface area contributed by atoms with E-state index in [-0.39, 0.29) is 29.6 Å². The number of H-pyrrole nitrogens is 1. The van der Waals surface area contributed by atoms with Crippen LogP contribution in [0.1, 0.15) is 35.8 Å². The number of hydrogen-bond donors (Lipinski definition) is 3. The van der Waals surface area contributed by atoms with E-state index in [4.69, 9.17) is 0 Å². The minimum atomic E-state index is -0.918. The van der Waals surface area contributed by atoms with Crippen molar-refractivity contribution in [2.24, 2.45) is 0 Å². The van der Waals surface area contributed by atoms with Crippen LogP contribution in [0.15, 0.2) is 29.5 Å². The Bertz CT molecular complexity index is 1230. The summed E-state index contributed by atoms with van der Waals surface area (Å²) >= 11 is 0. The normalized spacial score (nSPS) is 20.9. The standard InChI is InChI=1S/C18H17N7O3/c1-9-7-11(22-15-10-4-6-19-14(10)20-8-21-15)17(28)24-13(9)16(27)23-18(2)5-3-12(26)25(18)24/h4,6-8H,3,5H2,1-2H3,(H,23,27)(H2,19,20,21,22). The maximum absolute atomic E-state index is 13.3. The quantitative estimate of drug-likeness (QED) is 0.607. The lowest BCUT2D eigenvalue weighted by atomic mass is 10.1. The summed E-state index contributed by atoms with van der Waals surface area (Å²) in [6.45, 7) is 3.47. The summed E-state index contributed by atoms with van der Waals surface area (Å²) in [7, 11) is 0. The van der Waals surface area contributed by atoms with Gasteiger partial charge in [0.2, 0.25) is 5.91 Å². The van der Waals surface area contributed by atoms with Gasteiger partial charge in [0.05, 0.1) is 5.39 Å². The van der Waals surface area contributed by atoms with Crippen LogP contribution in [0.2, 0.25) is 0 Å². The van der Waals surface area contributed by atoms with Crippen molar-refractivity contribution in [1.82, 2.24) is 24.9 Å². The van der Waals surface area contributed by atoms with Gasteiger partial charge >= 0.3 is 0 Å². The van der Waals surface area contributed by atoms with Gasteiger partial charge in [-0.2, -0.15) is 0 Å². The third-order valence-corrected chi connectivity index (χ3v) is 5.30. The fraction of sp³-hybridized carbons (Fsp3) is 0.278. The number of carbonyl (C=O) groups is 2. The SMILES string of the molecule is Cc1cc(Nc2ncnc3[nH]ccc23)c(=O)n2c1C(=O)NC1(C)CCC(=O)N21. The minimum Gasteiger partial charge on any atom is -0.346 e. The number of aryl methyl sites for hydroxylation is 1. The molecule has 3 aromatic rings. The number of rotatable bonds is 2. The molecular formula is C18H17N7O3. The van der Waals surface area contributed by atoms with Crippen molar-refractivity contribution >= 4 is 34.4 Å². The van der Waals surface area contributed by atoms with E-state index in [1.807, 2.05) is 0 Å². The van der Waals surface area contributed by atoms with E-state index >= 15 is 0 Å². The second-order valence-electron chi connectivity index (χ2n) is 7.23. The smallest absolute Gasteiger partial charge is 0.293 e. The fourth-order valence-electron chi connectivity index (χ4n) is 3.97. The van der Waals surface area contributed by atoms with Crippen LogP contribution in [0.3, 0.4) is 0 Å². The highest BCUT2D eigenvalue weighted by Crippen LogP contribution is 2.31. The molecule has 3 aromatic heterocycles. The molecule has 1 fully saturated rings. The molecule has 0 aromatic carbocycles. The Balaban J connectivity index is 1.70. The molecule has 0 saturated carbocycles. The number of pyridine rings is 1. The number of amides is 2. The first-order chi connectivity index (χ1) is 13.4. The zero-order valence-corrected chi connectivity index (χ0v) is 15.2. The second-order valence-corrected chi connectivity index (χ2v) is 7.23. The molecule has 5 rings (SSSR count). The van der Waals surface area contributed by atoms with Crippen molar-refractivity contribution in [1.29, 1.82) is 0 Å². The van der Waals surface area contributed by atoms with Crippen LogP contribution in [0.4, 0.5) is 11.5 Å². The Labute approximate surface area is 158 Å². The molecule has 1 atom stereocenters. The van der Waals surface area contributed by atoms with Crippen molar-refractivity contribution in [3.63, 3.8) is 0 Å². The molecule has 0 bridgehead atoms. The monoisotopic (exact) mass is 379 g/mol. The van der Waals surface area contributed by atoms with Gasteiger partial charge in [-0.15, -0.1) is 0 Å². The van der Waals surface area contributed by atoms with E-state index in [1.54, 1.807) is 32.2 Å². The Hall–Kier alpha value is -3.69. The first-order valence-electron chi connectivity index (χ1n) is 8.87. The van der Waals surface area contributed by atoms with E-state index < -0.39 is 11.2 Å². The van der Waals surface area contributed by atoms with E-state index in [0.717, 1.165) is 5.39 Å². The average Bonchev–Trinajstić information content (AvgIpc) is 3.23. The molecule has 0 spiro atoms. The van der Waals surface area contributed by atoms with Crippen molar-refractivity contribution < 1.29 is 9.59 Å². The molecule has 3 N–H and O–H groups in total. The summed E-state index contributed by atoms with van der Waals surface area (Å²) < 4.78 is 1.20. The van der Waals surface area contributed by atoms with Crippen LogP contribution in [-0.4, -0.2) is 37.1 Å². The maximum atomic E-state index is 13.3. The molecule has 142 valence electrons. The highest BCUT2D eigenvalue weighted by molar-refractivity contribution is 6.01. The zero-order chi connectivity index (χ0) is 19.6. The first-order valence-corrected chi connectivity index (χ1v) is 8.87. The van der Waals surface area contributed by atoms with Gasteiger partial charge in [0.25, 0.3) is 11.5 Å². The number of aromatic amines is 1. The lowest BCUT2D eigenvalue weighted by molar-refractivity contribution is -0.119. The molecule has 2 aliphatic heterocycles. The topological polar surface area (TPSA) is 125 Å². The van der Waals surface area contributed by atoms with Crippen LogP contribution in [-0.2, 0) is 4.79 Å². The van der Waals surface area contributed by atoms with Crippen molar-refractivity contribution in [3.05, 3.63) is 46.3 Å². The van der Waals surface area contributed by atoms with Gasteiger partial charge in [0, 0.05) is 12.6 Å². The molecule has 2 amide bonds. The third kappa shape index (κ3) is 2.11. The summed E-state index contributed by atoms with van der Waals surface area (Å²) in [4.78, 5) is 49.8. The maximum Gasteiger partial charge on any atom is 0.293 e.